The van der Waals surface area contributed by atoms with Crippen molar-refractivity contribution in [3.63, 3.8) is 0 Å². The number of nitrogens with one attached hydrogen (secondary N) is 2. The van der Waals surface area contributed by atoms with Crippen LogP contribution in [-0.4, -0.2) is 39.8 Å². The normalized spacial score (nSPS) is 14.1. The molecule has 29 heavy (non-hydrogen) atoms. The van der Waals surface area contributed by atoms with Crippen LogP contribution >= 0.6 is 0 Å². The van der Waals surface area contributed by atoms with E-state index in [1.807, 2.05) is 24.3 Å². The van der Waals surface area contributed by atoms with Crippen LogP contribution in [0.15, 0.2) is 54.6 Å². The van der Waals surface area contributed by atoms with Gasteiger partial charge in [0.25, 0.3) is 0 Å². The second-order valence-electron chi connectivity index (χ2n) is 6.48. The summed E-state index contributed by atoms with van der Waals surface area (Å²) in [5.41, 5.74) is 2.81. The maximum absolute atomic E-state index is 12.1. The Balaban J connectivity index is 1.54. The largest absolute Gasteiger partial charge is 0.447 e. The molecule has 0 unspecified atom stereocenters. The minimum atomic E-state index is -3.32. The van der Waals surface area contributed by atoms with Gasteiger partial charge in [-0.15, -0.1) is 0 Å². The van der Waals surface area contributed by atoms with E-state index in [2.05, 4.69) is 10.0 Å². The van der Waals surface area contributed by atoms with Crippen molar-refractivity contribution in [2.24, 2.45) is 0 Å². The molecular formula is C20H21N3O5S. The maximum atomic E-state index is 12.1. The molecule has 0 saturated carbocycles. The Kier molecular flexibility index (Phi) is 6.18. The molecular weight excluding hydrogens is 394 g/mol. The molecule has 0 aliphatic carbocycles. The molecule has 1 aliphatic heterocycles. The first kappa shape index (κ1) is 20.4. The smallest absolute Gasteiger partial charge is 0.414 e. The van der Waals surface area contributed by atoms with Gasteiger partial charge < -0.3 is 10.1 Å². The van der Waals surface area contributed by atoms with E-state index in [1.165, 1.54) is 6.08 Å². The lowest BCUT2D eigenvalue weighted by Crippen LogP contribution is -2.24. The first-order valence-electron chi connectivity index (χ1n) is 8.87. The van der Waals surface area contributed by atoms with Gasteiger partial charge in [-0.05, 0) is 41.5 Å². The van der Waals surface area contributed by atoms with Crippen molar-refractivity contribution >= 4 is 39.5 Å². The van der Waals surface area contributed by atoms with E-state index in [4.69, 9.17) is 4.74 Å². The first-order valence-corrected chi connectivity index (χ1v) is 10.8. The van der Waals surface area contributed by atoms with Gasteiger partial charge in [-0.25, -0.2) is 13.2 Å². The van der Waals surface area contributed by atoms with E-state index in [1.54, 1.807) is 35.2 Å². The summed E-state index contributed by atoms with van der Waals surface area (Å²) in [7, 11) is -3.32. The molecule has 2 aromatic rings. The van der Waals surface area contributed by atoms with Crippen LogP contribution in [0, 0.1) is 0 Å². The average molecular weight is 415 g/mol. The average Bonchev–Trinajstić information content (AvgIpc) is 3.11. The van der Waals surface area contributed by atoms with Crippen molar-refractivity contribution in [1.82, 2.24) is 5.32 Å². The number of benzene rings is 2. The molecule has 0 bridgehead atoms. The number of carbonyl (C=O) groups is 2. The number of rotatable bonds is 7. The van der Waals surface area contributed by atoms with Gasteiger partial charge in [-0.2, -0.15) is 0 Å². The van der Waals surface area contributed by atoms with Crippen LogP contribution in [0.4, 0.5) is 16.2 Å². The summed E-state index contributed by atoms with van der Waals surface area (Å²) in [6.07, 6.45) is 3.75. The number of carbonyl (C=O) groups excluding carboxylic acids is 2. The number of ether oxygens (including phenoxy) is 1. The molecule has 1 aliphatic rings. The standard InChI is InChI=1S/C20H21N3O5S/c1-29(26,27)22-17-8-5-15(6-9-17)7-10-19(24)21-14-16-3-2-4-18(13-16)23-11-12-28-20(23)25/h2-10,13,22H,11-12,14H2,1H3,(H,21,24). The molecule has 1 heterocycles. The third kappa shape index (κ3) is 6.08. The molecule has 2 amide bonds. The highest BCUT2D eigenvalue weighted by Crippen LogP contribution is 2.20. The van der Waals surface area contributed by atoms with Gasteiger partial charge in [-0.3, -0.25) is 14.4 Å². The van der Waals surface area contributed by atoms with Gasteiger partial charge in [0.2, 0.25) is 15.9 Å². The van der Waals surface area contributed by atoms with Crippen molar-refractivity contribution in [2.45, 2.75) is 6.54 Å². The van der Waals surface area contributed by atoms with Crippen LogP contribution < -0.4 is 14.9 Å². The lowest BCUT2D eigenvalue weighted by atomic mass is 10.2. The van der Waals surface area contributed by atoms with Gasteiger partial charge in [0.1, 0.15) is 6.61 Å². The molecule has 3 rings (SSSR count). The summed E-state index contributed by atoms with van der Waals surface area (Å²) in [5, 5.41) is 2.79. The molecule has 0 atom stereocenters. The van der Waals surface area contributed by atoms with Gasteiger partial charge in [0.15, 0.2) is 0 Å². The van der Waals surface area contributed by atoms with Crippen LogP contribution in [0.2, 0.25) is 0 Å². The Morgan fingerprint density at radius 2 is 1.97 bits per heavy atom. The molecule has 1 saturated heterocycles. The number of amides is 2. The van der Waals surface area contributed by atoms with Crippen LogP contribution in [0.5, 0.6) is 0 Å². The predicted octanol–water partition coefficient (Wildman–Crippen LogP) is 2.34. The van der Waals surface area contributed by atoms with Crippen molar-refractivity contribution < 1.29 is 22.7 Å². The molecule has 152 valence electrons. The third-order valence-electron chi connectivity index (χ3n) is 4.09. The molecule has 2 N–H and O–H groups in total. The summed E-state index contributed by atoms with van der Waals surface area (Å²) >= 11 is 0. The summed E-state index contributed by atoms with van der Waals surface area (Å²) in [5.74, 6) is -0.269. The quantitative estimate of drug-likeness (QED) is 0.676. The SMILES string of the molecule is CS(=O)(=O)Nc1ccc(C=CC(=O)NCc2cccc(N3CCOC3=O)c2)cc1. The maximum Gasteiger partial charge on any atom is 0.414 e. The van der Waals surface area contributed by atoms with Crippen molar-refractivity contribution in [1.29, 1.82) is 0 Å². The molecule has 1 fully saturated rings. The summed E-state index contributed by atoms with van der Waals surface area (Å²) < 4.78 is 29.7. The Labute approximate surface area is 169 Å². The Morgan fingerprint density at radius 1 is 1.21 bits per heavy atom. The molecule has 9 heteroatoms. The minimum absolute atomic E-state index is 0.269. The molecule has 0 aromatic heterocycles. The first-order chi connectivity index (χ1) is 13.8. The molecule has 2 aromatic carbocycles. The fourth-order valence-electron chi connectivity index (χ4n) is 2.76. The van der Waals surface area contributed by atoms with E-state index in [0.29, 0.717) is 25.4 Å². The fourth-order valence-corrected chi connectivity index (χ4v) is 3.32. The highest BCUT2D eigenvalue weighted by Gasteiger charge is 2.23. The number of hydrogen-bond donors (Lipinski definition) is 2. The molecule has 0 radical (unpaired) electrons. The zero-order valence-electron chi connectivity index (χ0n) is 15.8. The summed E-state index contributed by atoms with van der Waals surface area (Å²) in [6, 6.07) is 14.0. The minimum Gasteiger partial charge on any atom is -0.447 e. The van der Waals surface area contributed by atoms with E-state index in [9.17, 15) is 18.0 Å². The number of hydrogen-bond acceptors (Lipinski definition) is 5. The number of anilines is 2. The fraction of sp³-hybridized carbons (Fsp3) is 0.200. The van der Waals surface area contributed by atoms with Crippen molar-refractivity contribution in [3.05, 3.63) is 65.7 Å². The van der Waals surface area contributed by atoms with E-state index in [0.717, 1.165) is 23.1 Å². The van der Waals surface area contributed by atoms with Crippen LogP contribution in [0.25, 0.3) is 6.08 Å². The van der Waals surface area contributed by atoms with Crippen LogP contribution in [0.3, 0.4) is 0 Å². The number of sulfonamides is 1. The zero-order chi connectivity index (χ0) is 20.9. The van der Waals surface area contributed by atoms with Gasteiger partial charge in [0.05, 0.1) is 12.8 Å². The van der Waals surface area contributed by atoms with Gasteiger partial charge in [-0.1, -0.05) is 24.3 Å². The van der Waals surface area contributed by atoms with E-state index >= 15 is 0 Å². The van der Waals surface area contributed by atoms with Crippen LogP contribution in [-0.2, 0) is 26.1 Å². The monoisotopic (exact) mass is 415 g/mol. The second kappa shape index (κ2) is 8.78. The highest BCUT2D eigenvalue weighted by molar-refractivity contribution is 7.92. The topological polar surface area (TPSA) is 105 Å². The Bertz CT molecular complexity index is 1030. The van der Waals surface area contributed by atoms with Gasteiger partial charge >= 0.3 is 6.09 Å². The highest BCUT2D eigenvalue weighted by atomic mass is 32.2. The van der Waals surface area contributed by atoms with Crippen molar-refractivity contribution in [2.75, 3.05) is 29.0 Å². The van der Waals surface area contributed by atoms with E-state index < -0.39 is 10.0 Å². The summed E-state index contributed by atoms with van der Waals surface area (Å²) in [6.45, 7) is 1.20. The second-order valence-corrected chi connectivity index (χ2v) is 8.23. The number of cyclic esters (lactones) is 1. The Hall–Kier alpha value is -3.33. The van der Waals surface area contributed by atoms with Gasteiger partial charge in [0, 0.05) is 24.0 Å². The number of nitrogens with zero attached hydrogens (tertiary/aromatic N) is 1. The molecule has 8 nitrogen and oxygen atoms in total. The third-order valence-corrected chi connectivity index (χ3v) is 4.70. The summed E-state index contributed by atoms with van der Waals surface area (Å²) in [4.78, 5) is 25.3. The zero-order valence-corrected chi connectivity index (χ0v) is 16.6. The Morgan fingerprint density at radius 3 is 2.62 bits per heavy atom. The van der Waals surface area contributed by atoms with Crippen LogP contribution in [0.1, 0.15) is 11.1 Å². The van der Waals surface area contributed by atoms with Crippen molar-refractivity contribution in [3.8, 4) is 0 Å². The van der Waals surface area contributed by atoms with E-state index in [-0.39, 0.29) is 12.0 Å². The molecule has 0 spiro atoms. The predicted molar refractivity (Wildman–Crippen MR) is 111 cm³/mol. The lowest BCUT2D eigenvalue weighted by molar-refractivity contribution is -0.116. The lowest BCUT2D eigenvalue weighted by Gasteiger charge is -2.13.